The number of nitrogens with zero attached hydrogens (tertiary/aromatic N) is 3. The fraction of sp³-hybridized carbons (Fsp3) is 0.222. The maximum atomic E-state index is 15.0. The molecule has 4 N–H and O–H groups in total. The van der Waals surface area contributed by atoms with Crippen molar-refractivity contribution in [1.82, 2.24) is 15.0 Å². The van der Waals surface area contributed by atoms with Crippen LogP contribution in [0.2, 0.25) is 0 Å². The van der Waals surface area contributed by atoms with Gasteiger partial charge in [0.25, 0.3) is 10.0 Å². The zero-order valence-electron chi connectivity index (χ0n) is 20.7. The van der Waals surface area contributed by atoms with Gasteiger partial charge >= 0.3 is 0 Å². The molecule has 0 saturated heterocycles. The van der Waals surface area contributed by atoms with Crippen LogP contribution in [0.5, 0.6) is 11.5 Å². The zero-order chi connectivity index (χ0) is 27.4. The molecule has 4 aromatic rings. The number of aromatic nitrogens is 3. The number of halogens is 2. The van der Waals surface area contributed by atoms with E-state index in [1.54, 1.807) is 24.5 Å². The second-order valence-electron chi connectivity index (χ2n) is 9.18. The summed E-state index contributed by atoms with van der Waals surface area (Å²) in [4.78, 5) is 12.5. The van der Waals surface area contributed by atoms with Crippen LogP contribution < -0.4 is 20.5 Å². The van der Waals surface area contributed by atoms with Crippen molar-refractivity contribution in [2.75, 3.05) is 10.0 Å². The van der Waals surface area contributed by atoms with Crippen LogP contribution in [-0.4, -0.2) is 35.5 Å². The highest BCUT2D eigenvalue weighted by Crippen LogP contribution is 2.34. The van der Waals surface area contributed by atoms with Crippen molar-refractivity contribution in [2.24, 2.45) is 5.73 Å². The van der Waals surface area contributed by atoms with Crippen LogP contribution >= 0.6 is 0 Å². The van der Waals surface area contributed by atoms with E-state index in [9.17, 15) is 17.2 Å². The summed E-state index contributed by atoms with van der Waals surface area (Å²) in [6.07, 6.45) is 8.41. The number of hydrogen-bond acceptors (Lipinski definition) is 8. The summed E-state index contributed by atoms with van der Waals surface area (Å²) < 4.78 is 62.1. The van der Waals surface area contributed by atoms with Crippen molar-refractivity contribution in [3.63, 3.8) is 0 Å². The molecule has 0 unspecified atom stereocenters. The van der Waals surface area contributed by atoms with Crippen molar-refractivity contribution < 1.29 is 21.9 Å². The van der Waals surface area contributed by atoms with E-state index in [1.807, 2.05) is 0 Å². The monoisotopic (exact) mass is 552 g/mol. The minimum absolute atomic E-state index is 0.0896. The third-order valence-corrected chi connectivity index (χ3v) is 7.76. The van der Waals surface area contributed by atoms with Gasteiger partial charge in [-0.25, -0.2) is 27.2 Å². The molecule has 0 aliphatic heterocycles. The molecule has 0 spiro atoms. The normalized spacial score (nSPS) is 17.4. The molecular formula is C27H26F2N6O3S. The van der Waals surface area contributed by atoms with Crippen LogP contribution in [0.1, 0.15) is 25.7 Å². The van der Waals surface area contributed by atoms with Crippen molar-refractivity contribution >= 4 is 21.7 Å². The van der Waals surface area contributed by atoms with E-state index in [4.69, 9.17) is 10.5 Å². The molecular weight excluding hydrogens is 526 g/mol. The van der Waals surface area contributed by atoms with Gasteiger partial charge in [0.1, 0.15) is 16.5 Å². The average Bonchev–Trinajstić information content (AvgIpc) is 2.92. The van der Waals surface area contributed by atoms with Crippen molar-refractivity contribution in [2.45, 2.75) is 42.7 Å². The Hall–Kier alpha value is -4.16. The Morgan fingerprint density at radius 2 is 1.72 bits per heavy atom. The van der Waals surface area contributed by atoms with Gasteiger partial charge in [-0.05, 0) is 62.1 Å². The second-order valence-corrected chi connectivity index (χ2v) is 10.8. The van der Waals surface area contributed by atoms with Crippen LogP contribution in [0.15, 0.2) is 78.1 Å². The number of pyridine rings is 1. The predicted octanol–water partition coefficient (Wildman–Crippen LogP) is 5.09. The number of sulfonamides is 1. The second kappa shape index (κ2) is 11.3. The molecule has 2 aromatic carbocycles. The summed E-state index contributed by atoms with van der Waals surface area (Å²) in [6.45, 7) is 0. The predicted molar refractivity (Wildman–Crippen MR) is 143 cm³/mol. The highest BCUT2D eigenvalue weighted by Gasteiger charge is 2.21. The number of rotatable bonds is 8. The van der Waals surface area contributed by atoms with Crippen LogP contribution in [0, 0.1) is 11.6 Å². The number of nitrogens with two attached hydrogens (primary N) is 1. The molecule has 1 aliphatic rings. The summed E-state index contributed by atoms with van der Waals surface area (Å²) in [5.74, 6) is -1.15. The molecule has 2 aromatic heterocycles. The SMILES string of the molecule is NC1CCC(Nc2nccc(-c3cnccc3Oc3ccc(NS(=O)(=O)c4ccccc4F)cc3F)n2)CC1. The fourth-order valence-electron chi connectivity index (χ4n) is 4.33. The summed E-state index contributed by atoms with van der Waals surface area (Å²) in [6, 6.07) is 12.2. The molecule has 1 saturated carbocycles. The third kappa shape index (κ3) is 6.29. The Kier molecular flexibility index (Phi) is 7.66. The average molecular weight is 553 g/mol. The van der Waals surface area contributed by atoms with Gasteiger partial charge < -0.3 is 15.8 Å². The Morgan fingerprint density at radius 1 is 0.923 bits per heavy atom. The Bertz CT molecular complexity index is 1580. The van der Waals surface area contributed by atoms with E-state index in [2.05, 4.69) is 25.0 Å². The number of anilines is 2. The number of benzene rings is 2. The van der Waals surface area contributed by atoms with Crippen molar-refractivity contribution in [3.8, 4) is 22.8 Å². The number of nitrogens with one attached hydrogen (secondary N) is 2. The highest BCUT2D eigenvalue weighted by molar-refractivity contribution is 7.92. The van der Waals surface area contributed by atoms with Gasteiger partial charge in [0.05, 0.1) is 16.9 Å². The summed E-state index contributed by atoms with van der Waals surface area (Å²) >= 11 is 0. The van der Waals surface area contributed by atoms with Crippen molar-refractivity contribution in [3.05, 3.63) is 84.8 Å². The lowest BCUT2D eigenvalue weighted by Crippen LogP contribution is -2.33. The van der Waals surface area contributed by atoms with Gasteiger partial charge in [0.15, 0.2) is 11.6 Å². The fourth-order valence-corrected chi connectivity index (χ4v) is 5.46. The van der Waals surface area contributed by atoms with Gasteiger partial charge in [-0.2, -0.15) is 0 Å². The molecule has 0 atom stereocenters. The maximum absolute atomic E-state index is 15.0. The lowest BCUT2D eigenvalue weighted by atomic mass is 9.92. The first kappa shape index (κ1) is 26.4. The third-order valence-electron chi connectivity index (χ3n) is 6.35. The van der Waals surface area contributed by atoms with Gasteiger partial charge in [-0.1, -0.05) is 12.1 Å². The first-order valence-electron chi connectivity index (χ1n) is 12.3. The van der Waals surface area contributed by atoms with Gasteiger partial charge in [0, 0.05) is 36.7 Å². The molecule has 0 bridgehead atoms. The van der Waals surface area contributed by atoms with E-state index >= 15 is 0 Å². The first-order chi connectivity index (χ1) is 18.8. The van der Waals surface area contributed by atoms with Crippen LogP contribution in [0.4, 0.5) is 20.4 Å². The smallest absolute Gasteiger partial charge is 0.264 e. The van der Waals surface area contributed by atoms with E-state index in [0.29, 0.717) is 17.2 Å². The van der Waals surface area contributed by atoms with Crippen LogP contribution in [-0.2, 0) is 10.0 Å². The standard InChI is InChI=1S/C27H26F2N6O3S/c28-21-3-1-2-4-26(21)39(36,37)35-19-9-10-25(22(29)15-19)38-24-12-13-31-16-20(24)23-11-14-32-27(34-23)33-18-7-5-17(30)6-8-18/h1-4,9-18,35H,5-8,30H2,(H,32,33,34). The summed E-state index contributed by atoms with van der Waals surface area (Å²) in [7, 11) is -4.26. The van der Waals surface area contributed by atoms with E-state index in [-0.39, 0.29) is 29.3 Å². The van der Waals surface area contributed by atoms with Gasteiger partial charge in [-0.15, -0.1) is 0 Å². The molecule has 39 heavy (non-hydrogen) atoms. The van der Waals surface area contributed by atoms with Crippen LogP contribution in [0.3, 0.4) is 0 Å². The van der Waals surface area contributed by atoms with Crippen LogP contribution in [0.25, 0.3) is 11.3 Å². The Labute approximate surface area is 224 Å². The van der Waals surface area contributed by atoms with E-state index in [1.165, 1.54) is 30.5 Å². The summed E-state index contributed by atoms with van der Waals surface area (Å²) in [5.41, 5.74) is 6.94. The Balaban J connectivity index is 1.34. The molecule has 9 nitrogen and oxygen atoms in total. The van der Waals surface area contributed by atoms with E-state index < -0.39 is 26.6 Å². The molecule has 1 aliphatic carbocycles. The Morgan fingerprint density at radius 3 is 2.49 bits per heavy atom. The number of hydrogen-bond donors (Lipinski definition) is 3. The zero-order valence-corrected chi connectivity index (χ0v) is 21.5. The molecule has 2 heterocycles. The molecule has 1 fully saturated rings. The largest absolute Gasteiger partial charge is 0.453 e. The minimum Gasteiger partial charge on any atom is -0.453 e. The lowest BCUT2D eigenvalue weighted by molar-refractivity contribution is 0.410. The van der Waals surface area contributed by atoms with Gasteiger partial charge in [-0.3, -0.25) is 9.71 Å². The topological polar surface area (TPSA) is 132 Å². The van der Waals surface area contributed by atoms with Gasteiger partial charge in [0.2, 0.25) is 5.95 Å². The highest BCUT2D eigenvalue weighted by atomic mass is 32.2. The molecule has 12 heteroatoms. The lowest BCUT2D eigenvalue weighted by Gasteiger charge is -2.26. The molecule has 0 amide bonds. The maximum Gasteiger partial charge on any atom is 0.264 e. The molecule has 202 valence electrons. The van der Waals surface area contributed by atoms with E-state index in [0.717, 1.165) is 43.9 Å². The summed E-state index contributed by atoms with van der Waals surface area (Å²) in [5, 5.41) is 3.35. The first-order valence-corrected chi connectivity index (χ1v) is 13.8. The quantitative estimate of drug-likeness (QED) is 0.275. The van der Waals surface area contributed by atoms with Crippen molar-refractivity contribution in [1.29, 1.82) is 0 Å². The minimum atomic E-state index is -4.26. The molecule has 5 rings (SSSR count). The molecule has 0 radical (unpaired) electrons. The number of ether oxygens (including phenoxy) is 1.